The first kappa shape index (κ1) is 17.5. The second kappa shape index (κ2) is 7.85. The number of rotatable bonds is 5. The van der Waals surface area contributed by atoms with Gasteiger partial charge in [0.1, 0.15) is 0 Å². The van der Waals surface area contributed by atoms with Crippen LogP contribution in [0, 0.1) is 11.7 Å². The molecule has 0 bridgehead atoms. The van der Waals surface area contributed by atoms with E-state index in [0.717, 1.165) is 12.1 Å². The van der Waals surface area contributed by atoms with Crippen LogP contribution in [-0.4, -0.2) is 19.1 Å². The normalized spacial score (nSPS) is 11.7. The number of nitrogens with one attached hydrogen (secondary N) is 1. The highest BCUT2D eigenvalue weighted by atomic mass is 35.5. The van der Waals surface area contributed by atoms with E-state index in [1.165, 1.54) is 6.07 Å². The van der Waals surface area contributed by atoms with Gasteiger partial charge >= 0.3 is 6.61 Å². The largest absolute Gasteiger partial charge is 0.432 e. The molecule has 0 spiro atoms. The number of benzene rings is 1. The highest BCUT2D eigenvalue weighted by Crippen LogP contribution is 2.23. The number of hydrogen-bond acceptors (Lipinski definition) is 3. The van der Waals surface area contributed by atoms with Gasteiger partial charge in [-0.2, -0.15) is 8.78 Å². The minimum absolute atomic E-state index is 0. The van der Waals surface area contributed by atoms with Gasteiger partial charge in [0.25, 0.3) is 0 Å². The van der Waals surface area contributed by atoms with Crippen LogP contribution >= 0.6 is 12.4 Å². The summed E-state index contributed by atoms with van der Waals surface area (Å²) in [4.78, 5) is 11.5. The fraction of sp³-hybridized carbons (Fsp3) is 0.364. The quantitative estimate of drug-likeness (QED) is 0.877. The molecule has 0 aliphatic rings. The number of anilines is 1. The van der Waals surface area contributed by atoms with Crippen LogP contribution < -0.4 is 15.8 Å². The Labute approximate surface area is 114 Å². The van der Waals surface area contributed by atoms with Gasteiger partial charge < -0.3 is 15.8 Å². The molecule has 108 valence electrons. The molecule has 0 saturated heterocycles. The molecule has 0 fully saturated rings. The van der Waals surface area contributed by atoms with Crippen LogP contribution in [0.2, 0.25) is 0 Å². The average molecular weight is 299 g/mol. The zero-order valence-electron chi connectivity index (χ0n) is 10.0. The number of carbonyl (C=O) groups excluding carboxylic acids is 1. The molecule has 0 aliphatic carbocycles. The Hall–Kier alpha value is -1.47. The van der Waals surface area contributed by atoms with Gasteiger partial charge in [-0.3, -0.25) is 4.79 Å². The van der Waals surface area contributed by atoms with Crippen LogP contribution in [0.25, 0.3) is 0 Å². The Balaban J connectivity index is 0.00000324. The molecular weight excluding hydrogens is 285 g/mol. The second-order valence-electron chi connectivity index (χ2n) is 3.65. The standard InChI is InChI=1S/C11H13F3N2O2.ClH/c1-6(5-15)10(17)16-7-2-3-9(8(12)4-7)18-11(13)14;/h2-4,6,11H,5,15H2,1H3,(H,16,17);1H. The van der Waals surface area contributed by atoms with Gasteiger partial charge in [-0.05, 0) is 12.1 Å². The number of ether oxygens (including phenoxy) is 1. The molecule has 0 heterocycles. The summed E-state index contributed by atoms with van der Waals surface area (Å²) in [6, 6.07) is 3.19. The van der Waals surface area contributed by atoms with Gasteiger partial charge in [0.2, 0.25) is 5.91 Å². The van der Waals surface area contributed by atoms with Crippen molar-refractivity contribution in [3.63, 3.8) is 0 Å². The van der Waals surface area contributed by atoms with Crippen molar-refractivity contribution in [2.45, 2.75) is 13.5 Å². The summed E-state index contributed by atoms with van der Waals surface area (Å²) in [6.07, 6.45) is 0. The predicted octanol–water partition coefficient (Wildman–Crippen LogP) is 2.38. The molecule has 1 aromatic rings. The van der Waals surface area contributed by atoms with E-state index in [9.17, 15) is 18.0 Å². The smallest absolute Gasteiger partial charge is 0.387 e. The molecule has 0 radical (unpaired) electrons. The fourth-order valence-corrected chi connectivity index (χ4v) is 1.14. The van der Waals surface area contributed by atoms with E-state index >= 15 is 0 Å². The van der Waals surface area contributed by atoms with Crippen molar-refractivity contribution in [3.05, 3.63) is 24.0 Å². The van der Waals surface area contributed by atoms with E-state index in [0.29, 0.717) is 0 Å². The zero-order valence-corrected chi connectivity index (χ0v) is 10.8. The Morgan fingerprint density at radius 2 is 2.11 bits per heavy atom. The predicted molar refractivity (Wildman–Crippen MR) is 67.1 cm³/mol. The van der Waals surface area contributed by atoms with Crippen molar-refractivity contribution in [2.75, 3.05) is 11.9 Å². The fourth-order valence-electron chi connectivity index (χ4n) is 1.14. The van der Waals surface area contributed by atoms with E-state index in [-0.39, 0.29) is 30.5 Å². The first-order valence-corrected chi connectivity index (χ1v) is 5.19. The summed E-state index contributed by atoms with van der Waals surface area (Å²) in [6.45, 7) is -1.34. The van der Waals surface area contributed by atoms with Gasteiger partial charge in [0.05, 0.1) is 0 Å². The highest BCUT2D eigenvalue weighted by Gasteiger charge is 2.14. The van der Waals surface area contributed by atoms with Gasteiger partial charge in [-0.1, -0.05) is 6.92 Å². The SMILES string of the molecule is CC(CN)C(=O)Nc1ccc(OC(F)F)c(F)c1.Cl. The van der Waals surface area contributed by atoms with E-state index in [4.69, 9.17) is 5.73 Å². The summed E-state index contributed by atoms with van der Waals surface area (Å²) < 4.78 is 41.0. The molecule has 0 saturated carbocycles. The van der Waals surface area contributed by atoms with Crippen LogP contribution in [0.15, 0.2) is 18.2 Å². The average Bonchev–Trinajstić information content (AvgIpc) is 2.31. The molecule has 4 nitrogen and oxygen atoms in total. The van der Waals surface area contributed by atoms with E-state index in [1.54, 1.807) is 6.92 Å². The van der Waals surface area contributed by atoms with Crippen molar-refractivity contribution in [3.8, 4) is 5.75 Å². The molecule has 3 N–H and O–H groups in total. The maximum absolute atomic E-state index is 13.3. The number of amides is 1. The van der Waals surface area contributed by atoms with E-state index in [1.807, 2.05) is 0 Å². The minimum atomic E-state index is -3.10. The lowest BCUT2D eigenvalue weighted by Crippen LogP contribution is -2.26. The summed E-state index contributed by atoms with van der Waals surface area (Å²) >= 11 is 0. The lowest BCUT2D eigenvalue weighted by Gasteiger charge is -2.11. The Bertz CT molecular complexity index is 432. The molecule has 1 rings (SSSR count). The van der Waals surface area contributed by atoms with Crippen molar-refractivity contribution >= 4 is 24.0 Å². The molecule has 0 aromatic heterocycles. The summed E-state index contributed by atoms with van der Waals surface area (Å²) in [5.41, 5.74) is 5.45. The topological polar surface area (TPSA) is 64.4 Å². The Morgan fingerprint density at radius 3 is 2.58 bits per heavy atom. The molecular formula is C11H14ClF3N2O2. The van der Waals surface area contributed by atoms with Crippen LogP contribution in [0.3, 0.4) is 0 Å². The number of hydrogen-bond donors (Lipinski definition) is 2. The van der Waals surface area contributed by atoms with E-state index in [2.05, 4.69) is 10.1 Å². The molecule has 0 aliphatic heterocycles. The first-order chi connectivity index (χ1) is 8.43. The first-order valence-electron chi connectivity index (χ1n) is 5.19. The number of nitrogens with two attached hydrogens (primary N) is 1. The third kappa shape index (κ3) is 5.35. The number of carbonyl (C=O) groups is 1. The zero-order chi connectivity index (χ0) is 13.7. The van der Waals surface area contributed by atoms with Gasteiger partial charge in [-0.15, -0.1) is 12.4 Å². The summed E-state index contributed by atoms with van der Waals surface area (Å²) in [5.74, 6) is -2.35. The van der Waals surface area contributed by atoms with E-state index < -0.39 is 24.1 Å². The molecule has 1 unspecified atom stereocenters. The van der Waals surface area contributed by atoms with Crippen molar-refractivity contribution in [2.24, 2.45) is 11.7 Å². The van der Waals surface area contributed by atoms with Crippen molar-refractivity contribution in [1.29, 1.82) is 0 Å². The third-order valence-corrected chi connectivity index (χ3v) is 2.22. The summed E-state index contributed by atoms with van der Waals surface area (Å²) in [7, 11) is 0. The van der Waals surface area contributed by atoms with Gasteiger partial charge in [0.15, 0.2) is 11.6 Å². The van der Waals surface area contributed by atoms with Crippen molar-refractivity contribution < 1.29 is 22.7 Å². The van der Waals surface area contributed by atoms with Crippen LogP contribution in [-0.2, 0) is 4.79 Å². The number of alkyl halides is 2. The molecule has 19 heavy (non-hydrogen) atoms. The molecule has 1 atom stereocenters. The Morgan fingerprint density at radius 1 is 1.47 bits per heavy atom. The van der Waals surface area contributed by atoms with Gasteiger partial charge in [-0.25, -0.2) is 4.39 Å². The van der Waals surface area contributed by atoms with Crippen LogP contribution in [0.1, 0.15) is 6.92 Å². The van der Waals surface area contributed by atoms with Crippen LogP contribution in [0.5, 0.6) is 5.75 Å². The monoisotopic (exact) mass is 298 g/mol. The second-order valence-corrected chi connectivity index (χ2v) is 3.65. The highest BCUT2D eigenvalue weighted by molar-refractivity contribution is 5.92. The lowest BCUT2D eigenvalue weighted by molar-refractivity contribution is -0.119. The third-order valence-electron chi connectivity index (χ3n) is 2.22. The maximum Gasteiger partial charge on any atom is 0.387 e. The number of halogens is 4. The molecule has 8 heteroatoms. The van der Waals surface area contributed by atoms with Crippen molar-refractivity contribution in [1.82, 2.24) is 0 Å². The molecule has 1 aromatic carbocycles. The van der Waals surface area contributed by atoms with Gasteiger partial charge in [0, 0.05) is 24.2 Å². The maximum atomic E-state index is 13.3. The summed E-state index contributed by atoms with van der Waals surface area (Å²) in [5, 5.41) is 2.41. The van der Waals surface area contributed by atoms with Crippen LogP contribution in [0.4, 0.5) is 18.9 Å². The lowest BCUT2D eigenvalue weighted by atomic mass is 10.1. The molecule has 1 amide bonds. The Kier molecular flexibility index (Phi) is 7.25. The minimum Gasteiger partial charge on any atom is -0.432 e.